The average Bonchev–Trinajstić information content (AvgIpc) is 3.69. The molecule has 1 aliphatic heterocycles. The number of nitrogens with zero attached hydrogens (tertiary/aromatic N) is 3. The molecule has 0 saturated carbocycles. The standard InChI is InChI=1S/C36H35BrN4O6S/c1-23(2)21-46-31-13-9-25(16-32(31)44-4)19-38-40-36-41(20-29-6-5-15-45-29)35(43)33(48-36)18-26-17-27(37)10-14-30(26)47-22-34(42)39-28-11-7-24(3)8-12-28/h5-19,23H,20-22H2,1-4H3,(H,39,42)/b33-18-,38-19+,40-36-. The number of carbonyl (C=O) groups excluding carboxylic acids is 2. The van der Waals surface area contributed by atoms with E-state index in [4.69, 9.17) is 18.6 Å². The first kappa shape index (κ1) is 34.5. The molecule has 48 heavy (non-hydrogen) atoms. The molecule has 1 fully saturated rings. The van der Waals surface area contributed by atoms with Gasteiger partial charge in [0.2, 0.25) is 0 Å². The number of methoxy groups -OCH3 is 1. The largest absolute Gasteiger partial charge is 0.493 e. The molecule has 248 valence electrons. The number of hydrogen-bond donors (Lipinski definition) is 1. The number of carbonyl (C=O) groups is 2. The Balaban J connectivity index is 1.35. The van der Waals surface area contributed by atoms with Gasteiger partial charge in [0.05, 0.1) is 37.6 Å². The van der Waals surface area contributed by atoms with Crippen LogP contribution < -0.4 is 19.5 Å². The van der Waals surface area contributed by atoms with Gasteiger partial charge in [0.1, 0.15) is 11.5 Å². The minimum Gasteiger partial charge on any atom is -0.493 e. The molecular weight excluding hydrogens is 696 g/mol. The van der Waals surface area contributed by atoms with Crippen LogP contribution in [0.2, 0.25) is 0 Å². The molecule has 0 unspecified atom stereocenters. The normalized spacial score (nSPS) is 14.8. The van der Waals surface area contributed by atoms with E-state index in [1.54, 1.807) is 43.9 Å². The molecule has 5 rings (SSSR count). The van der Waals surface area contributed by atoms with Gasteiger partial charge in [-0.3, -0.25) is 14.5 Å². The summed E-state index contributed by atoms with van der Waals surface area (Å²) in [6, 6.07) is 21.9. The number of amidine groups is 1. The first-order valence-electron chi connectivity index (χ1n) is 15.1. The zero-order valence-electron chi connectivity index (χ0n) is 26.9. The van der Waals surface area contributed by atoms with Crippen molar-refractivity contribution in [2.24, 2.45) is 16.1 Å². The lowest BCUT2D eigenvalue weighted by atomic mass is 10.2. The van der Waals surface area contributed by atoms with E-state index < -0.39 is 0 Å². The van der Waals surface area contributed by atoms with E-state index in [-0.39, 0.29) is 25.0 Å². The molecule has 10 nitrogen and oxygen atoms in total. The third-order valence-electron chi connectivity index (χ3n) is 6.84. The van der Waals surface area contributed by atoms with Crippen LogP contribution in [0.4, 0.5) is 5.69 Å². The molecule has 4 aromatic rings. The van der Waals surface area contributed by atoms with Crippen molar-refractivity contribution in [1.82, 2.24) is 4.90 Å². The summed E-state index contributed by atoms with van der Waals surface area (Å²) >= 11 is 4.68. The Hall–Kier alpha value is -4.81. The number of furan rings is 1. The van der Waals surface area contributed by atoms with Crippen molar-refractivity contribution in [3.63, 3.8) is 0 Å². The Bertz CT molecular complexity index is 1840. The summed E-state index contributed by atoms with van der Waals surface area (Å²) in [6.45, 7) is 6.66. The van der Waals surface area contributed by atoms with E-state index in [0.717, 1.165) is 15.6 Å². The predicted molar refractivity (Wildman–Crippen MR) is 193 cm³/mol. The highest BCUT2D eigenvalue weighted by Gasteiger charge is 2.34. The molecule has 12 heteroatoms. The van der Waals surface area contributed by atoms with Crippen LogP contribution >= 0.6 is 27.7 Å². The highest BCUT2D eigenvalue weighted by atomic mass is 79.9. The van der Waals surface area contributed by atoms with Crippen molar-refractivity contribution in [2.45, 2.75) is 27.3 Å². The Kier molecular flexibility index (Phi) is 11.8. The number of nitrogens with one attached hydrogen (secondary N) is 1. The van der Waals surface area contributed by atoms with Gasteiger partial charge in [-0.25, -0.2) is 0 Å². The number of aryl methyl sites for hydroxylation is 1. The molecule has 1 N–H and O–H groups in total. The molecule has 2 heterocycles. The summed E-state index contributed by atoms with van der Waals surface area (Å²) in [5.74, 6) is 2.06. The van der Waals surface area contributed by atoms with Gasteiger partial charge in [-0.05, 0) is 96.9 Å². The average molecular weight is 732 g/mol. The van der Waals surface area contributed by atoms with Crippen LogP contribution in [0.15, 0.2) is 103 Å². The number of thioether (sulfide) groups is 1. The van der Waals surface area contributed by atoms with Crippen molar-refractivity contribution in [3.8, 4) is 17.2 Å². The second kappa shape index (κ2) is 16.3. The van der Waals surface area contributed by atoms with Gasteiger partial charge < -0.3 is 23.9 Å². The SMILES string of the molecule is COc1cc(/C=N/N=C2\S/C(=C\c3cc(Br)ccc3OCC(=O)Nc3ccc(C)cc3)C(=O)N2Cc2ccco2)ccc1OCC(C)C. The van der Waals surface area contributed by atoms with Crippen LogP contribution in [0.5, 0.6) is 17.2 Å². The third kappa shape index (κ3) is 9.39. The highest BCUT2D eigenvalue weighted by Crippen LogP contribution is 2.36. The number of amides is 2. The second-order valence-corrected chi connectivity index (χ2v) is 13.1. The van der Waals surface area contributed by atoms with Crippen LogP contribution in [-0.4, -0.2) is 48.4 Å². The van der Waals surface area contributed by atoms with Crippen LogP contribution in [0.3, 0.4) is 0 Å². The predicted octanol–water partition coefficient (Wildman–Crippen LogP) is 7.92. The van der Waals surface area contributed by atoms with Crippen molar-refractivity contribution in [3.05, 3.63) is 111 Å². The fourth-order valence-corrected chi connectivity index (χ4v) is 5.75. The van der Waals surface area contributed by atoms with E-state index >= 15 is 0 Å². The summed E-state index contributed by atoms with van der Waals surface area (Å²) < 4.78 is 23.6. The molecule has 0 radical (unpaired) electrons. The third-order valence-corrected chi connectivity index (χ3v) is 8.33. The van der Waals surface area contributed by atoms with Crippen LogP contribution in [0.25, 0.3) is 6.08 Å². The fraction of sp³-hybridized carbons (Fsp3) is 0.222. The Morgan fingerprint density at radius 2 is 1.83 bits per heavy atom. The van der Waals surface area contributed by atoms with Gasteiger partial charge >= 0.3 is 0 Å². The molecule has 3 aromatic carbocycles. The first-order valence-corrected chi connectivity index (χ1v) is 16.7. The first-order chi connectivity index (χ1) is 23.2. The zero-order chi connectivity index (χ0) is 34.0. The van der Waals surface area contributed by atoms with Gasteiger partial charge in [-0.2, -0.15) is 5.10 Å². The molecule has 2 amide bonds. The van der Waals surface area contributed by atoms with E-state index in [0.29, 0.717) is 56.9 Å². The second-order valence-electron chi connectivity index (χ2n) is 11.2. The summed E-state index contributed by atoms with van der Waals surface area (Å²) in [7, 11) is 1.59. The molecule has 1 aromatic heterocycles. The molecule has 0 atom stereocenters. The topological polar surface area (TPSA) is 115 Å². The molecule has 1 aliphatic rings. The number of benzene rings is 3. The molecule has 0 aliphatic carbocycles. The van der Waals surface area contributed by atoms with Crippen molar-refractivity contribution in [2.75, 3.05) is 25.6 Å². The summed E-state index contributed by atoms with van der Waals surface area (Å²) in [6.07, 6.45) is 4.85. The van der Waals surface area contributed by atoms with Gasteiger partial charge in [0.25, 0.3) is 11.8 Å². The number of halogens is 1. The molecular formula is C36H35BrN4O6S. The molecule has 0 spiro atoms. The monoisotopic (exact) mass is 730 g/mol. The Labute approximate surface area is 292 Å². The minimum absolute atomic E-state index is 0.168. The minimum atomic E-state index is -0.307. The van der Waals surface area contributed by atoms with Crippen molar-refractivity contribution >= 4 is 62.7 Å². The van der Waals surface area contributed by atoms with E-state index in [2.05, 4.69) is 45.3 Å². The van der Waals surface area contributed by atoms with E-state index in [9.17, 15) is 9.59 Å². The van der Waals surface area contributed by atoms with Crippen LogP contribution in [0, 0.1) is 12.8 Å². The summed E-state index contributed by atoms with van der Waals surface area (Å²) in [5, 5.41) is 11.9. The lowest BCUT2D eigenvalue weighted by Gasteiger charge is -2.13. The Morgan fingerprint density at radius 1 is 1.04 bits per heavy atom. The van der Waals surface area contributed by atoms with Crippen LogP contribution in [0.1, 0.15) is 36.3 Å². The maximum Gasteiger partial charge on any atom is 0.267 e. The summed E-state index contributed by atoms with van der Waals surface area (Å²) in [4.78, 5) is 28.2. The number of ether oxygens (including phenoxy) is 3. The molecule has 1 saturated heterocycles. The van der Waals surface area contributed by atoms with Gasteiger partial charge in [-0.15, -0.1) is 5.10 Å². The molecule has 0 bridgehead atoms. The van der Waals surface area contributed by atoms with Gasteiger partial charge in [-0.1, -0.05) is 47.5 Å². The number of hydrogen-bond acceptors (Lipinski definition) is 9. The lowest BCUT2D eigenvalue weighted by Crippen LogP contribution is -2.28. The quantitative estimate of drug-likeness (QED) is 0.0845. The van der Waals surface area contributed by atoms with Gasteiger partial charge in [0, 0.05) is 15.7 Å². The van der Waals surface area contributed by atoms with Crippen molar-refractivity contribution in [1.29, 1.82) is 0 Å². The Morgan fingerprint density at radius 3 is 2.56 bits per heavy atom. The van der Waals surface area contributed by atoms with Gasteiger partial charge in [0.15, 0.2) is 23.3 Å². The maximum absolute atomic E-state index is 13.7. The number of rotatable bonds is 13. The lowest BCUT2D eigenvalue weighted by molar-refractivity contribution is -0.122. The summed E-state index contributed by atoms with van der Waals surface area (Å²) in [5.41, 5.74) is 3.13. The zero-order valence-corrected chi connectivity index (χ0v) is 29.3. The van der Waals surface area contributed by atoms with E-state index in [1.165, 1.54) is 16.7 Å². The van der Waals surface area contributed by atoms with Crippen LogP contribution in [-0.2, 0) is 16.1 Å². The fourth-order valence-electron chi connectivity index (χ4n) is 4.45. The maximum atomic E-state index is 13.7. The van der Waals surface area contributed by atoms with E-state index in [1.807, 2.05) is 61.5 Å². The van der Waals surface area contributed by atoms with Crippen molar-refractivity contribution < 1.29 is 28.2 Å². The smallest absolute Gasteiger partial charge is 0.267 e. The highest BCUT2D eigenvalue weighted by molar-refractivity contribution is 9.10. The number of anilines is 1.